The van der Waals surface area contributed by atoms with Crippen LogP contribution in [-0.2, 0) is 0 Å². The monoisotopic (exact) mass is 528 g/mol. The molecule has 3 aromatic heterocycles. The van der Waals surface area contributed by atoms with Crippen molar-refractivity contribution >= 4 is 24.0 Å². The van der Waals surface area contributed by atoms with Crippen LogP contribution in [-0.4, -0.2) is 60.0 Å². The Balaban J connectivity index is 0.000000255. The minimum atomic E-state index is -1.32. The SMILES string of the molecule is C#Cc1ccc(OC)nn1.COc1ccc(Br)nn1.COc1ccc(C#C[Si](C)(C)C)nn1. The van der Waals surface area contributed by atoms with E-state index in [2.05, 4.69) is 83.5 Å². The van der Waals surface area contributed by atoms with E-state index in [-0.39, 0.29) is 0 Å². The van der Waals surface area contributed by atoms with Gasteiger partial charge in [-0.25, -0.2) is 0 Å². The van der Waals surface area contributed by atoms with Crippen LogP contribution in [0.15, 0.2) is 41.0 Å². The molecule has 9 nitrogen and oxygen atoms in total. The van der Waals surface area contributed by atoms with Crippen LogP contribution < -0.4 is 14.2 Å². The van der Waals surface area contributed by atoms with Gasteiger partial charge in [-0.1, -0.05) is 25.6 Å². The number of terminal acetylenes is 1. The first-order valence-electron chi connectivity index (χ1n) is 9.49. The lowest BCUT2D eigenvalue weighted by Gasteiger charge is -2.02. The third kappa shape index (κ3) is 12.2. The molecule has 3 heterocycles. The molecule has 0 aliphatic rings. The van der Waals surface area contributed by atoms with E-state index in [1.165, 1.54) is 7.11 Å². The molecule has 0 atom stereocenters. The van der Waals surface area contributed by atoms with Crippen molar-refractivity contribution in [1.82, 2.24) is 30.6 Å². The van der Waals surface area contributed by atoms with Crippen LogP contribution in [0.4, 0.5) is 0 Å². The first kappa shape index (κ1) is 27.5. The summed E-state index contributed by atoms with van der Waals surface area (Å²) in [6, 6.07) is 10.4. The molecule has 0 aromatic carbocycles. The van der Waals surface area contributed by atoms with Crippen molar-refractivity contribution < 1.29 is 14.2 Å². The Morgan fingerprint density at radius 2 is 1.15 bits per heavy atom. The van der Waals surface area contributed by atoms with Gasteiger partial charge in [-0.05, 0) is 40.0 Å². The van der Waals surface area contributed by atoms with Gasteiger partial charge in [0.15, 0.2) is 0 Å². The van der Waals surface area contributed by atoms with E-state index in [0.717, 1.165) is 0 Å². The smallest absolute Gasteiger partial charge is 0.233 e. The van der Waals surface area contributed by atoms with Crippen LogP contribution in [0, 0.1) is 23.8 Å². The summed E-state index contributed by atoms with van der Waals surface area (Å²) in [6.07, 6.45) is 5.05. The number of rotatable bonds is 3. The van der Waals surface area contributed by atoms with Crippen LogP contribution >= 0.6 is 15.9 Å². The molecular formula is C22H25BrN6O3Si. The second kappa shape index (κ2) is 14.5. The highest BCUT2D eigenvalue weighted by atomic mass is 79.9. The average molecular weight is 529 g/mol. The van der Waals surface area contributed by atoms with Gasteiger partial charge in [0.1, 0.15) is 24.1 Å². The number of hydrogen-bond donors (Lipinski definition) is 0. The maximum Gasteiger partial charge on any atom is 0.233 e. The minimum Gasteiger partial charge on any atom is -0.480 e. The van der Waals surface area contributed by atoms with E-state index in [1.807, 2.05) is 6.07 Å². The highest BCUT2D eigenvalue weighted by Crippen LogP contribution is 2.07. The van der Waals surface area contributed by atoms with Crippen molar-refractivity contribution in [3.05, 3.63) is 52.4 Å². The van der Waals surface area contributed by atoms with Gasteiger partial charge in [-0.2, -0.15) is 0 Å². The third-order valence-corrected chi connectivity index (χ3v) is 4.53. The number of aromatic nitrogens is 6. The Hall–Kier alpha value is -3.54. The fraction of sp³-hybridized carbons (Fsp3) is 0.273. The number of methoxy groups -OCH3 is 3. The van der Waals surface area contributed by atoms with Crippen LogP contribution in [0.1, 0.15) is 11.4 Å². The summed E-state index contributed by atoms with van der Waals surface area (Å²) >= 11 is 3.15. The summed E-state index contributed by atoms with van der Waals surface area (Å²) in [6.45, 7) is 6.57. The van der Waals surface area contributed by atoms with Crippen molar-refractivity contribution in [1.29, 1.82) is 0 Å². The van der Waals surface area contributed by atoms with Gasteiger partial charge in [0.25, 0.3) is 0 Å². The van der Waals surface area contributed by atoms with E-state index < -0.39 is 8.07 Å². The molecule has 33 heavy (non-hydrogen) atoms. The zero-order chi connectivity index (χ0) is 24.7. The second-order valence-electron chi connectivity index (χ2n) is 6.96. The van der Waals surface area contributed by atoms with E-state index in [0.29, 0.717) is 33.6 Å². The summed E-state index contributed by atoms with van der Waals surface area (Å²) in [5.41, 5.74) is 4.44. The predicted octanol–water partition coefficient (Wildman–Crippen LogP) is 3.43. The highest BCUT2D eigenvalue weighted by molar-refractivity contribution is 9.10. The van der Waals surface area contributed by atoms with Crippen molar-refractivity contribution in [3.63, 3.8) is 0 Å². The Morgan fingerprint density at radius 3 is 1.48 bits per heavy atom. The molecular weight excluding hydrogens is 504 g/mol. The topological polar surface area (TPSA) is 105 Å². The van der Waals surface area contributed by atoms with E-state index >= 15 is 0 Å². The minimum absolute atomic E-state index is 0.471. The van der Waals surface area contributed by atoms with Gasteiger partial charge in [-0.15, -0.1) is 42.6 Å². The second-order valence-corrected chi connectivity index (χ2v) is 12.5. The number of ether oxygens (including phenoxy) is 3. The molecule has 0 unspecified atom stereocenters. The van der Waals surface area contributed by atoms with Gasteiger partial charge >= 0.3 is 0 Å². The Labute approximate surface area is 203 Å². The molecule has 11 heteroatoms. The normalized spacial score (nSPS) is 9.39. The van der Waals surface area contributed by atoms with Gasteiger partial charge in [-0.3, -0.25) is 0 Å². The van der Waals surface area contributed by atoms with Gasteiger partial charge in [0.2, 0.25) is 17.6 Å². The largest absolute Gasteiger partial charge is 0.480 e. The molecule has 0 fully saturated rings. The summed E-state index contributed by atoms with van der Waals surface area (Å²) in [7, 11) is 3.33. The maximum atomic E-state index is 5.05. The molecule has 172 valence electrons. The molecule has 0 spiro atoms. The van der Waals surface area contributed by atoms with E-state index in [1.54, 1.807) is 44.6 Å². The molecule has 0 saturated heterocycles. The Kier molecular flexibility index (Phi) is 12.1. The van der Waals surface area contributed by atoms with Crippen LogP contribution in [0.3, 0.4) is 0 Å². The molecule has 0 bridgehead atoms. The van der Waals surface area contributed by atoms with Crippen molar-refractivity contribution in [2.24, 2.45) is 0 Å². The van der Waals surface area contributed by atoms with E-state index in [9.17, 15) is 0 Å². The maximum absolute atomic E-state index is 5.05. The summed E-state index contributed by atoms with van der Waals surface area (Å²) in [5.74, 6) is 6.88. The third-order valence-electron chi connectivity index (χ3n) is 3.23. The zero-order valence-corrected chi connectivity index (χ0v) is 21.9. The van der Waals surface area contributed by atoms with Crippen LogP contribution in [0.25, 0.3) is 0 Å². The van der Waals surface area contributed by atoms with Crippen LogP contribution in [0.5, 0.6) is 17.6 Å². The molecule has 3 aromatic rings. The molecule has 0 radical (unpaired) electrons. The standard InChI is InChI=1S/C10H14N2OSi.C7H6N2O.C5H5BrN2O/c1-13-10-6-5-9(11-12-10)7-8-14(2,3)4;1-3-6-4-5-7(10-2)9-8-6;1-9-5-3-2-4(6)7-8-5/h5-6H,1-4H3;1,4-5H,2H3;2-3H,1H3. The first-order valence-corrected chi connectivity index (χ1v) is 13.8. The molecule has 0 N–H and O–H groups in total. The molecule has 0 aliphatic carbocycles. The zero-order valence-electron chi connectivity index (χ0n) is 19.3. The molecule has 0 saturated carbocycles. The molecule has 3 rings (SSSR count). The Bertz CT molecular complexity index is 1070. The summed E-state index contributed by atoms with van der Waals surface area (Å²) in [4.78, 5) is 0. The highest BCUT2D eigenvalue weighted by Gasteiger charge is 2.07. The molecule has 0 amide bonds. The predicted molar refractivity (Wildman–Crippen MR) is 132 cm³/mol. The Morgan fingerprint density at radius 1 is 0.697 bits per heavy atom. The lowest BCUT2D eigenvalue weighted by Crippen LogP contribution is -2.16. The lowest BCUT2D eigenvalue weighted by atomic mass is 10.4. The molecule has 0 aliphatic heterocycles. The lowest BCUT2D eigenvalue weighted by molar-refractivity contribution is 0.391. The van der Waals surface area contributed by atoms with Crippen molar-refractivity contribution in [2.45, 2.75) is 19.6 Å². The summed E-state index contributed by atoms with van der Waals surface area (Å²) < 4.78 is 15.2. The van der Waals surface area contributed by atoms with E-state index in [4.69, 9.17) is 20.6 Å². The number of nitrogens with zero attached hydrogens (tertiary/aromatic N) is 6. The summed E-state index contributed by atoms with van der Waals surface area (Å²) in [5, 5.41) is 22.4. The van der Waals surface area contributed by atoms with Gasteiger partial charge < -0.3 is 14.2 Å². The average Bonchev–Trinajstić information content (AvgIpc) is 2.84. The number of halogens is 1. The van der Waals surface area contributed by atoms with Gasteiger partial charge in [0, 0.05) is 18.2 Å². The fourth-order valence-corrected chi connectivity index (χ4v) is 2.38. The van der Waals surface area contributed by atoms with Gasteiger partial charge in [0.05, 0.1) is 21.3 Å². The van der Waals surface area contributed by atoms with Crippen molar-refractivity contribution in [2.75, 3.05) is 21.3 Å². The van der Waals surface area contributed by atoms with Crippen molar-refractivity contribution in [3.8, 4) is 41.4 Å². The van der Waals surface area contributed by atoms with Crippen LogP contribution in [0.2, 0.25) is 19.6 Å². The first-order chi connectivity index (χ1) is 15.7. The fourth-order valence-electron chi connectivity index (χ4n) is 1.67. The quantitative estimate of drug-likeness (QED) is 0.373. The number of hydrogen-bond acceptors (Lipinski definition) is 9.